The third-order valence-corrected chi connectivity index (χ3v) is 9.99. The Kier molecular flexibility index (Phi) is 6.17. The second kappa shape index (κ2) is 9.66. The van der Waals surface area contributed by atoms with Gasteiger partial charge >= 0.3 is 0 Å². The van der Waals surface area contributed by atoms with E-state index in [9.17, 15) is 9.59 Å². The molecule has 0 spiro atoms. The van der Waals surface area contributed by atoms with Gasteiger partial charge in [-0.2, -0.15) is 0 Å². The van der Waals surface area contributed by atoms with E-state index in [0.29, 0.717) is 50.2 Å². The Morgan fingerprint density at radius 1 is 1.05 bits per heavy atom. The Bertz CT molecular complexity index is 1700. The molecule has 2 heterocycles. The number of nitrogens with zero attached hydrogens (tertiary/aromatic N) is 1. The normalized spacial score (nSPS) is 24.1. The summed E-state index contributed by atoms with van der Waals surface area (Å²) in [4.78, 5) is 30.7. The van der Waals surface area contributed by atoms with Crippen LogP contribution in [0.2, 0.25) is 0 Å². The van der Waals surface area contributed by atoms with Crippen LogP contribution in [0, 0.1) is 6.92 Å². The molecular weight excluding hydrogens is 534 g/mol. The lowest BCUT2D eigenvalue weighted by Crippen LogP contribution is -2.53. The van der Waals surface area contributed by atoms with Crippen molar-refractivity contribution in [3.8, 4) is 11.5 Å². The number of para-hydroxylation sites is 1. The molecule has 4 aromatic rings. The lowest BCUT2D eigenvalue weighted by Gasteiger charge is -2.37. The highest BCUT2D eigenvalue weighted by atomic mass is 32.1. The van der Waals surface area contributed by atoms with Crippen LogP contribution >= 0.6 is 11.3 Å². The Hall–Kier alpha value is -3.76. The monoisotopic (exact) mass is 567 g/mol. The van der Waals surface area contributed by atoms with E-state index in [0.717, 1.165) is 29.8 Å². The third-order valence-electron chi connectivity index (χ3n) is 8.74. The Morgan fingerprint density at radius 3 is 2.54 bits per heavy atom. The number of thiophene rings is 1. The van der Waals surface area contributed by atoms with E-state index >= 15 is 0 Å². The number of amides is 1. The Balaban J connectivity index is 1.27. The molecule has 210 valence electrons. The van der Waals surface area contributed by atoms with E-state index in [2.05, 4.69) is 10.2 Å². The zero-order valence-electron chi connectivity index (χ0n) is 22.9. The molecular formula is C32H33N5O3S. The first-order valence-electron chi connectivity index (χ1n) is 14.1. The van der Waals surface area contributed by atoms with Gasteiger partial charge in [0.2, 0.25) is 0 Å². The van der Waals surface area contributed by atoms with Gasteiger partial charge in [-0.1, -0.05) is 30.3 Å². The predicted molar refractivity (Wildman–Crippen MR) is 161 cm³/mol. The lowest BCUT2D eigenvalue weighted by atomic mass is 9.69. The number of nitrogen functional groups attached to an aromatic ring is 1. The fourth-order valence-electron chi connectivity index (χ4n) is 6.52. The van der Waals surface area contributed by atoms with Crippen molar-refractivity contribution < 1.29 is 14.3 Å². The molecule has 7 rings (SSSR count). The fourth-order valence-corrected chi connectivity index (χ4v) is 7.72. The zero-order valence-corrected chi connectivity index (χ0v) is 23.7. The van der Waals surface area contributed by atoms with Crippen molar-refractivity contribution in [1.82, 2.24) is 10.2 Å². The van der Waals surface area contributed by atoms with Crippen molar-refractivity contribution in [3.05, 3.63) is 87.8 Å². The number of rotatable bonds is 6. The van der Waals surface area contributed by atoms with Crippen LogP contribution in [0.1, 0.15) is 57.2 Å². The largest absolute Gasteiger partial charge is 0.457 e. The minimum atomic E-state index is -1.52. The minimum absolute atomic E-state index is 0.0701. The number of likely N-dealkylation sites (tertiary alicyclic amines) is 1. The summed E-state index contributed by atoms with van der Waals surface area (Å²) in [5, 5.41) is 3.92. The van der Waals surface area contributed by atoms with Gasteiger partial charge in [-0.25, -0.2) is 0 Å². The first-order valence-corrected chi connectivity index (χ1v) is 14.9. The van der Waals surface area contributed by atoms with Gasteiger partial charge in [0, 0.05) is 41.8 Å². The van der Waals surface area contributed by atoms with Gasteiger partial charge in [0.25, 0.3) is 5.91 Å². The smallest absolute Gasteiger partial charge is 0.262 e. The van der Waals surface area contributed by atoms with Crippen LogP contribution in [0.25, 0.3) is 10.1 Å². The molecule has 9 heteroatoms. The lowest BCUT2D eigenvalue weighted by molar-refractivity contribution is -0.124. The number of anilines is 1. The maximum Gasteiger partial charge on any atom is 0.262 e. The van der Waals surface area contributed by atoms with Crippen LogP contribution in [0.5, 0.6) is 11.5 Å². The summed E-state index contributed by atoms with van der Waals surface area (Å²) in [6.07, 6.45) is 3.39. The number of carbonyl (C=O) groups excluding carboxylic acids is 2. The van der Waals surface area contributed by atoms with E-state index in [-0.39, 0.29) is 17.7 Å². The summed E-state index contributed by atoms with van der Waals surface area (Å²) in [6.45, 7) is 3.75. The number of ketones is 1. The van der Waals surface area contributed by atoms with Crippen LogP contribution in [-0.2, 0) is 10.3 Å². The molecule has 41 heavy (non-hydrogen) atoms. The predicted octanol–water partition coefficient (Wildman–Crippen LogP) is 4.34. The molecule has 3 atom stereocenters. The topological polar surface area (TPSA) is 137 Å². The SMILES string of the molecule is Cc1cc(Oc2ccccc2)ccc1C1(N)C(=O)C(N)c2c(C(=O)NC3CCN(C4CC4)C3)sc3c(N)ccc1c23. The number of ether oxygens (including phenoxy) is 1. The maximum atomic E-state index is 14.2. The average molecular weight is 568 g/mol. The van der Waals surface area contributed by atoms with Gasteiger partial charge in [-0.15, -0.1) is 11.3 Å². The molecule has 0 radical (unpaired) electrons. The zero-order chi connectivity index (χ0) is 28.5. The quantitative estimate of drug-likeness (QED) is 0.255. The van der Waals surface area contributed by atoms with Gasteiger partial charge in [-0.05, 0) is 73.2 Å². The summed E-state index contributed by atoms with van der Waals surface area (Å²) >= 11 is 1.29. The van der Waals surface area contributed by atoms with Gasteiger partial charge in [0.15, 0.2) is 5.78 Å². The molecule has 3 unspecified atom stereocenters. The first-order chi connectivity index (χ1) is 19.8. The number of benzene rings is 3. The molecule has 1 aromatic heterocycles. The summed E-state index contributed by atoms with van der Waals surface area (Å²) in [6, 6.07) is 18.2. The standard InChI is InChI=1S/C32H33N5O3S/c1-17-15-21(40-20-5-3-2-4-6-20)9-10-22(17)32(35)23-11-12-24(33)28-25(23)26(27(34)30(32)38)29(41-28)31(39)36-18-13-14-37(16-18)19-7-8-19/h2-6,9-12,15,18-19,27H,7-8,13-14,16,33-35H2,1H3,(H,36,39). The first kappa shape index (κ1) is 26.2. The van der Waals surface area contributed by atoms with Gasteiger partial charge < -0.3 is 27.3 Å². The molecule has 1 aliphatic heterocycles. The van der Waals surface area contributed by atoms with Crippen LogP contribution in [0.3, 0.4) is 0 Å². The van der Waals surface area contributed by atoms with E-state index in [1.165, 1.54) is 24.2 Å². The molecule has 7 N–H and O–H groups in total. The van der Waals surface area contributed by atoms with Crippen molar-refractivity contribution in [1.29, 1.82) is 0 Å². The van der Waals surface area contributed by atoms with Gasteiger partial charge in [0.1, 0.15) is 17.0 Å². The summed E-state index contributed by atoms with van der Waals surface area (Å²) in [5.41, 5.74) is 21.8. The van der Waals surface area contributed by atoms with Crippen molar-refractivity contribution in [3.63, 3.8) is 0 Å². The van der Waals surface area contributed by atoms with Crippen molar-refractivity contribution in [2.75, 3.05) is 18.8 Å². The average Bonchev–Trinajstić information content (AvgIpc) is 3.57. The second-order valence-electron chi connectivity index (χ2n) is 11.5. The van der Waals surface area contributed by atoms with E-state index in [1.54, 1.807) is 12.1 Å². The maximum absolute atomic E-state index is 14.2. The number of aryl methyl sites for hydroxylation is 1. The molecule has 0 bridgehead atoms. The molecule has 1 saturated heterocycles. The number of nitrogens with two attached hydrogens (primary N) is 3. The van der Waals surface area contributed by atoms with Crippen molar-refractivity contribution in [2.45, 2.75) is 49.9 Å². The van der Waals surface area contributed by atoms with E-state index in [1.807, 2.05) is 55.5 Å². The van der Waals surface area contributed by atoms with Gasteiger partial charge in [-0.3, -0.25) is 14.5 Å². The van der Waals surface area contributed by atoms with E-state index < -0.39 is 11.6 Å². The molecule has 3 aliphatic rings. The Labute approximate surface area is 242 Å². The van der Waals surface area contributed by atoms with Crippen LogP contribution < -0.4 is 27.3 Å². The third kappa shape index (κ3) is 4.23. The number of nitrogens with one attached hydrogen (secondary N) is 1. The molecule has 2 aliphatic carbocycles. The highest BCUT2D eigenvalue weighted by molar-refractivity contribution is 7.21. The number of hydrogen-bond donors (Lipinski definition) is 4. The number of hydrogen-bond acceptors (Lipinski definition) is 8. The van der Waals surface area contributed by atoms with Crippen LogP contribution in [0.15, 0.2) is 60.7 Å². The molecule has 1 amide bonds. The van der Waals surface area contributed by atoms with Gasteiger partial charge in [0.05, 0.1) is 15.6 Å². The fraction of sp³-hybridized carbons (Fsp3) is 0.312. The summed E-state index contributed by atoms with van der Waals surface area (Å²) in [7, 11) is 0. The molecule has 1 saturated carbocycles. The summed E-state index contributed by atoms with van der Waals surface area (Å²) < 4.78 is 6.74. The van der Waals surface area contributed by atoms with E-state index in [4.69, 9.17) is 21.9 Å². The Morgan fingerprint density at radius 2 is 1.80 bits per heavy atom. The van der Waals surface area contributed by atoms with Crippen LogP contribution in [-0.4, -0.2) is 41.8 Å². The highest BCUT2D eigenvalue weighted by Gasteiger charge is 2.49. The molecule has 3 aromatic carbocycles. The summed E-state index contributed by atoms with van der Waals surface area (Å²) in [5.74, 6) is 0.785. The highest BCUT2D eigenvalue weighted by Crippen LogP contribution is 2.50. The number of Topliss-reactive ketones (excluding diaryl/α,β-unsaturated/α-hetero) is 1. The minimum Gasteiger partial charge on any atom is -0.457 e. The number of carbonyl (C=O) groups is 2. The second-order valence-corrected chi connectivity index (χ2v) is 12.5. The van der Waals surface area contributed by atoms with Crippen molar-refractivity contribution >= 4 is 38.8 Å². The van der Waals surface area contributed by atoms with Crippen LogP contribution in [0.4, 0.5) is 5.69 Å². The molecule has 8 nitrogen and oxygen atoms in total. The molecule has 2 fully saturated rings. The van der Waals surface area contributed by atoms with Crippen molar-refractivity contribution in [2.24, 2.45) is 11.5 Å².